The zero-order valence-corrected chi connectivity index (χ0v) is 11.1. The van der Waals surface area contributed by atoms with Crippen LogP contribution in [0.15, 0.2) is 42.5 Å². The molecule has 19 heavy (non-hydrogen) atoms. The van der Waals surface area contributed by atoms with Gasteiger partial charge in [-0.1, -0.05) is 29.8 Å². The first-order chi connectivity index (χ1) is 9.06. The minimum absolute atomic E-state index is 0.382. The number of halogens is 1. The Morgan fingerprint density at radius 1 is 1.26 bits per heavy atom. The van der Waals surface area contributed by atoms with Gasteiger partial charge in [0, 0.05) is 11.8 Å². The molecule has 0 atom stereocenters. The maximum atomic E-state index is 11.7. The largest absolute Gasteiger partial charge is 0.417 e. The van der Waals surface area contributed by atoms with Crippen molar-refractivity contribution < 1.29 is 9.53 Å². The van der Waals surface area contributed by atoms with Crippen molar-refractivity contribution in [3.05, 3.63) is 53.1 Å². The number of carbonyl (C=O) groups excluding carboxylic acids is 1. The molecule has 98 valence electrons. The van der Waals surface area contributed by atoms with E-state index in [-0.39, 0.29) is 0 Å². The molecule has 0 radical (unpaired) electrons. The number of hydrogen-bond acceptors (Lipinski definition) is 3. The van der Waals surface area contributed by atoms with Gasteiger partial charge in [0.2, 0.25) is 0 Å². The second kappa shape index (κ2) is 5.63. The van der Waals surface area contributed by atoms with Crippen LogP contribution in [0.1, 0.15) is 5.56 Å². The molecule has 0 aliphatic carbocycles. The number of benzene rings is 2. The lowest BCUT2D eigenvalue weighted by Crippen LogP contribution is -2.17. The average molecular weight is 277 g/mol. The summed E-state index contributed by atoms with van der Waals surface area (Å²) in [6.45, 7) is 1.88. The monoisotopic (exact) mass is 276 g/mol. The lowest BCUT2D eigenvalue weighted by atomic mass is 10.2. The average Bonchev–Trinajstić information content (AvgIpc) is 2.37. The van der Waals surface area contributed by atoms with E-state index in [9.17, 15) is 4.79 Å². The summed E-state index contributed by atoms with van der Waals surface area (Å²) >= 11 is 5.93. The van der Waals surface area contributed by atoms with Crippen molar-refractivity contribution in [2.24, 2.45) is 0 Å². The van der Waals surface area contributed by atoms with Crippen molar-refractivity contribution in [1.29, 1.82) is 0 Å². The molecule has 0 aliphatic rings. The number of anilines is 2. The number of hydrogen-bond donors (Lipinski definition) is 2. The number of rotatable bonds is 2. The van der Waals surface area contributed by atoms with E-state index < -0.39 is 6.09 Å². The molecule has 1 amide bonds. The highest BCUT2D eigenvalue weighted by Crippen LogP contribution is 2.22. The summed E-state index contributed by atoms with van der Waals surface area (Å²) < 4.78 is 5.12. The topological polar surface area (TPSA) is 64.3 Å². The van der Waals surface area contributed by atoms with Gasteiger partial charge in [-0.05, 0) is 30.7 Å². The zero-order valence-electron chi connectivity index (χ0n) is 10.3. The summed E-state index contributed by atoms with van der Waals surface area (Å²) in [7, 11) is 0. The molecular weight excluding hydrogens is 264 g/mol. The fourth-order valence-electron chi connectivity index (χ4n) is 1.49. The molecule has 0 spiro atoms. The minimum atomic E-state index is -0.614. The van der Waals surface area contributed by atoms with Gasteiger partial charge in [0.25, 0.3) is 0 Å². The molecule has 0 saturated heterocycles. The van der Waals surface area contributed by atoms with Gasteiger partial charge >= 0.3 is 6.09 Å². The van der Waals surface area contributed by atoms with E-state index in [0.717, 1.165) is 5.56 Å². The van der Waals surface area contributed by atoms with E-state index >= 15 is 0 Å². The number of aryl methyl sites for hydroxylation is 1. The number of carbonyl (C=O) groups is 1. The molecule has 5 heteroatoms. The second-order valence-corrected chi connectivity index (χ2v) is 4.42. The van der Waals surface area contributed by atoms with Gasteiger partial charge in [0.15, 0.2) is 0 Å². The van der Waals surface area contributed by atoms with Gasteiger partial charge in [0.1, 0.15) is 5.75 Å². The Kier molecular flexibility index (Phi) is 3.92. The maximum Gasteiger partial charge on any atom is 0.417 e. The SMILES string of the molecule is Cc1ccc(OC(=O)Nc2ccccc2Cl)cc1N. The predicted molar refractivity (Wildman–Crippen MR) is 76.7 cm³/mol. The first-order valence-corrected chi connectivity index (χ1v) is 6.03. The summed E-state index contributed by atoms with van der Waals surface area (Å²) in [5, 5.41) is 3.01. The van der Waals surface area contributed by atoms with Crippen molar-refractivity contribution in [2.75, 3.05) is 11.1 Å². The van der Waals surface area contributed by atoms with Crippen LogP contribution in [0.4, 0.5) is 16.2 Å². The number of nitrogen functional groups attached to an aromatic ring is 1. The van der Waals surface area contributed by atoms with Crippen LogP contribution in [0.5, 0.6) is 5.75 Å². The van der Waals surface area contributed by atoms with Crippen LogP contribution in [-0.2, 0) is 0 Å². The molecule has 2 aromatic rings. The highest BCUT2D eigenvalue weighted by atomic mass is 35.5. The van der Waals surface area contributed by atoms with E-state index in [4.69, 9.17) is 22.1 Å². The molecule has 4 nitrogen and oxygen atoms in total. The molecule has 0 saturated carbocycles. The maximum absolute atomic E-state index is 11.7. The van der Waals surface area contributed by atoms with Crippen LogP contribution in [0.2, 0.25) is 5.02 Å². The third kappa shape index (κ3) is 3.39. The van der Waals surface area contributed by atoms with Crippen LogP contribution in [0, 0.1) is 6.92 Å². The molecule has 3 N–H and O–H groups in total. The molecule has 2 aromatic carbocycles. The number of nitrogens with two attached hydrogens (primary N) is 1. The van der Waals surface area contributed by atoms with Crippen molar-refractivity contribution in [2.45, 2.75) is 6.92 Å². The number of nitrogens with one attached hydrogen (secondary N) is 1. The fourth-order valence-corrected chi connectivity index (χ4v) is 1.67. The molecule has 0 bridgehead atoms. The van der Waals surface area contributed by atoms with Crippen LogP contribution in [0.3, 0.4) is 0 Å². The first kappa shape index (κ1) is 13.2. The molecule has 0 aliphatic heterocycles. The van der Waals surface area contributed by atoms with Crippen LogP contribution >= 0.6 is 11.6 Å². The lowest BCUT2D eigenvalue weighted by Gasteiger charge is -2.09. The Morgan fingerprint density at radius 3 is 2.68 bits per heavy atom. The Morgan fingerprint density at radius 2 is 2.00 bits per heavy atom. The van der Waals surface area contributed by atoms with E-state index in [0.29, 0.717) is 22.1 Å². The van der Waals surface area contributed by atoms with Crippen molar-refractivity contribution in [3.8, 4) is 5.75 Å². The van der Waals surface area contributed by atoms with Crippen LogP contribution in [0.25, 0.3) is 0 Å². The van der Waals surface area contributed by atoms with Gasteiger partial charge in [-0.25, -0.2) is 4.79 Å². The summed E-state index contributed by atoms with van der Waals surface area (Å²) in [6, 6.07) is 12.0. The molecule has 2 rings (SSSR count). The van der Waals surface area contributed by atoms with Crippen molar-refractivity contribution in [1.82, 2.24) is 0 Å². The van der Waals surface area contributed by atoms with Gasteiger partial charge in [-0.2, -0.15) is 0 Å². The Bertz CT molecular complexity index is 614. The zero-order chi connectivity index (χ0) is 13.8. The lowest BCUT2D eigenvalue weighted by molar-refractivity contribution is 0.215. The van der Waals surface area contributed by atoms with Crippen LogP contribution < -0.4 is 15.8 Å². The second-order valence-electron chi connectivity index (χ2n) is 4.01. The quantitative estimate of drug-likeness (QED) is 0.819. The third-order valence-corrected chi connectivity index (χ3v) is 2.90. The predicted octanol–water partition coefficient (Wildman–Crippen LogP) is 3.84. The third-order valence-electron chi connectivity index (χ3n) is 2.57. The first-order valence-electron chi connectivity index (χ1n) is 5.66. The summed E-state index contributed by atoms with van der Waals surface area (Å²) in [6.07, 6.45) is -0.614. The smallest absolute Gasteiger partial charge is 0.410 e. The van der Waals surface area contributed by atoms with E-state index in [1.165, 1.54) is 0 Å². The number of para-hydroxylation sites is 1. The standard InChI is InChI=1S/C14H13ClN2O2/c1-9-6-7-10(8-12(9)16)19-14(18)17-13-5-3-2-4-11(13)15/h2-8H,16H2,1H3,(H,17,18). The molecule has 0 heterocycles. The van der Waals surface area contributed by atoms with Crippen LogP contribution in [-0.4, -0.2) is 6.09 Å². The van der Waals surface area contributed by atoms with Gasteiger partial charge < -0.3 is 10.5 Å². The van der Waals surface area contributed by atoms with Crippen molar-refractivity contribution in [3.63, 3.8) is 0 Å². The van der Waals surface area contributed by atoms with E-state index in [1.54, 1.807) is 42.5 Å². The Hall–Kier alpha value is -2.20. The molecule has 0 aromatic heterocycles. The summed E-state index contributed by atoms with van der Waals surface area (Å²) in [5.74, 6) is 0.382. The van der Waals surface area contributed by atoms with E-state index in [1.807, 2.05) is 6.92 Å². The number of ether oxygens (including phenoxy) is 1. The fraction of sp³-hybridized carbons (Fsp3) is 0.0714. The summed E-state index contributed by atoms with van der Waals surface area (Å²) in [5.41, 5.74) is 7.74. The van der Waals surface area contributed by atoms with Gasteiger partial charge in [-0.3, -0.25) is 5.32 Å². The molecule has 0 unspecified atom stereocenters. The Labute approximate surface area is 116 Å². The highest BCUT2D eigenvalue weighted by Gasteiger charge is 2.08. The highest BCUT2D eigenvalue weighted by molar-refractivity contribution is 6.33. The Balaban J connectivity index is 2.05. The molecular formula is C14H13ClN2O2. The van der Waals surface area contributed by atoms with Gasteiger partial charge in [0.05, 0.1) is 10.7 Å². The normalized spacial score (nSPS) is 10.0. The van der Waals surface area contributed by atoms with Gasteiger partial charge in [-0.15, -0.1) is 0 Å². The van der Waals surface area contributed by atoms with Crippen molar-refractivity contribution >= 4 is 29.1 Å². The minimum Gasteiger partial charge on any atom is -0.410 e. The number of amides is 1. The summed E-state index contributed by atoms with van der Waals surface area (Å²) in [4.78, 5) is 11.7. The molecule has 0 fully saturated rings. The van der Waals surface area contributed by atoms with E-state index in [2.05, 4.69) is 5.32 Å².